The summed E-state index contributed by atoms with van der Waals surface area (Å²) in [5.74, 6) is 1.57. The number of hydrogen-bond donors (Lipinski definition) is 0. The summed E-state index contributed by atoms with van der Waals surface area (Å²) in [5.41, 5.74) is 5.50. The van der Waals surface area contributed by atoms with Gasteiger partial charge in [0, 0.05) is 0 Å². The van der Waals surface area contributed by atoms with E-state index in [1.807, 2.05) is 0 Å². The highest BCUT2D eigenvalue weighted by Gasteiger charge is 2.53. The van der Waals surface area contributed by atoms with E-state index in [0.29, 0.717) is 16.7 Å². The summed E-state index contributed by atoms with van der Waals surface area (Å²) in [5, 5.41) is 0. The van der Waals surface area contributed by atoms with Crippen molar-refractivity contribution in [2.24, 2.45) is 22.7 Å². The van der Waals surface area contributed by atoms with Crippen molar-refractivity contribution in [3.05, 3.63) is 36.0 Å². The third kappa shape index (κ3) is 2.87. The lowest BCUT2D eigenvalue weighted by atomic mass is 9.46. The van der Waals surface area contributed by atoms with Gasteiger partial charge in [-0.1, -0.05) is 64.0 Å². The number of allylic oxidation sites excluding steroid dienone is 4. The van der Waals surface area contributed by atoms with E-state index in [4.69, 9.17) is 0 Å². The monoisotopic (exact) mass is 312 g/mol. The molecule has 3 aliphatic carbocycles. The summed E-state index contributed by atoms with van der Waals surface area (Å²) in [6.45, 7) is 16.4. The highest BCUT2D eigenvalue weighted by Crippen LogP contribution is 2.62. The average Bonchev–Trinajstić information content (AvgIpc) is 2.91. The Morgan fingerprint density at radius 2 is 1.87 bits per heavy atom. The minimum absolute atomic E-state index is 0.468. The third-order valence-electron chi connectivity index (χ3n) is 7.93. The highest BCUT2D eigenvalue weighted by atomic mass is 14.6. The molecule has 0 spiro atoms. The lowest BCUT2D eigenvalue weighted by Gasteiger charge is -2.59. The second-order valence-electron chi connectivity index (χ2n) is 9.09. The summed E-state index contributed by atoms with van der Waals surface area (Å²) in [4.78, 5) is 0. The van der Waals surface area contributed by atoms with Crippen molar-refractivity contribution < 1.29 is 0 Å². The lowest BCUT2D eigenvalue weighted by Crippen LogP contribution is -2.50. The summed E-state index contributed by atoms with van der Waals surface area (Å²) >= 11 is 0. The smallest absolute Gasteiger partial charge is 0.0114 e. The fourth-order valence-corrected chi connectivity index (χ4v) is 6.28. The van der Waals surface area contributed by atoms with E-state index in [0.717, 1.165) is 5.92 Å². The van der Waals surface area contributed by atoms with Gasteiger partial charge in [0.05, 0.1) is 0 Å². The molecule has 0 aromatic heterocycles. The molecule has 3 saturated carbocycles. The van der Waals surface area contributed by atoms with Gasteiger partial charge in [0.25, 0.3) is 0 Å². The van der Waals surface area contributed by atoms with Crippen LogP contribution < -0.4 is 0 Å². The molecule has 0 amide bonds. The Morgan fingerprint density at radius 1 is 1.09 bits per heavy atom. The van der Waals surface area contributed by atoms with Gasteiger partial charge in [-0.25, -0.2) is 0 Å². The molecule has 128 valence electrons. The predicted octanol–water partition coefficient (Wildman–Crippen LogP) is 7.23. The van der Waals surface area contributed by atoms with Crippen LogP contribution in [0.15, 0.2) is 36.0 Å². The molecule has 23 heavy (non-hydrogen) atoms. The van der Waals surface area contributed by atoms with Gasteiger partial charge in [0.1, 0.15) is 0 Å². The van der Waals surface area contributed by atoms with E-state index in [-0.39, 0.29) is 0 Å². The van der Waals surface area contributed by atoms with E-state index < -0.39 is 0 Å². The first kappa shape index (κ1) is 17.1. The zero-order valence-corrected chi connectivity index (χ0v) is 15.7. The van der Waals surface area contributed by atoms with Crippen molar-refractivity contribution in [1.29, 1.82) is 0 Å². The van der Waals surface area contributed by atoms with Crippen LogP contribution in [-0.4, -0.2) is 0 Å². The molecule has 4 atom stereocenters. The van der Waals surface area contributed by atoms with Gasteiger partial charge in [-0.05, 0) is 79.6 Å². The highest BCUT2D eigenvalue weighted by molar-refractivity contribution is 5.33. The number of fused-ring (bicyclic) bond motifs is 1. The van der Waals surface area contributed by atoms with Crippen LogP contribution in [0.1, 0.15) is 85.0 Å². The number of rotatable bonds is 3. The largest absolute Gasteiger partial charge is 0.0995 e. The molecule has 0 N–H and O–H groups in total. The topological polar surface area (TPSA) is 0 Å². The maximum Gasteiger partial charge on any atom is -0.0114 e. The van der Waals surface area contributed by atoms with Crippen molar-refractivity contribution in [3.63, 3.8) is 0 Å². The fourth-order valence-electron chi connectivity index (χ4n) is 6.28. The van der Waals surface area contributed by atoms with Gasteiger partial charge in [-0.15, -0.1) is 0 Å². The van der Waals surface area contributed by atoms with E-state index in [2.05, 4.69) is 40.0 Å². The van der Waals surface area contributed by atoms with E-state index >= 15 is 0 Å². The lowest BCUT2D eigenvalue weighted by molar-refractivity contribution is -0.0622. The Kier molecular flexibility index (Phi) is 4.64. The maximum atomic E-state index is 4.52. The molecule has 0 radical (unpaired) electrons. The Balaban J connectivity index is 1.85. The first-order chi connectivity index (χ1) is 10.9. The van der Waals surface area contributed by atoms with Crippen molar-refractivity contribution >= 4 is 0 Å². The van der Waals surface area contributed by atoms with E-state index in [1.165, 1.54) is 75.4 Å². The Bertz CT molecular complexity index is 522. The van der Waals surface area contributed by atoms with Crippen LogP contribution in [0.5, 0.6) is 0 Å². The minimum Gasteiger partial charge on any atom is -0.0995 e. The van der Waals surface area contributed by atoms with Gasteiger partial charge >= 0.3 is 0 Å². The van der Waals surface area contributed by atoms with Crippen LogP contribution in [-0.2, 0) is 0 Å². The van der Waals surface area contributed by atoms with E-state index in [9.17, 15) is 0 Å². The van der Waals surface area contributed by atoms with Gasteiger partial charge < -0.3 is 0 Å². The molecule has 0 nitrogen and oxygen atoms in total. The average molecular weight is 313 g/mol. The molecule has 3 fully saturated rings. The zero-order valence-electron chi connectivity index (χ0n) is 15.7. The van der Waals surface area contributed by atoms with Crippen molar-refractivity contribution in [3.8, 4) is 0 Å². The molecule has 0 heterocycles. The Hall–Kier alpha value is -0.780. The van der Waals surface area contributed by atoms with E-state index in [1.54, 1.807) is 5.57 Å². The molecule has 0 heteroatoms. The predicted molar refractivity (Wildman–Crippen MR) is 101 cm³/mol. The zero-order chi connectivity index (χ0) is 16.7. The molecule has 0 aliphatic heterocycles. The molecular weight excluding hydrogens is 276 g/mol. The third-order valence-corrected chi connectivity index (χ3v) is 7.93. The van der Waals surface area contributed by atoms with Crippen LogP contribution >= 0.6 is 0 Å². The van der Waals surface area contributed by atoms with Gasteiger partial charge in [0.2, 0.25) is 0 Å². The van der Waals surface area contributed by atoms with Crippen molar-refractivity contribution in [1.82, 2.24) is 0 Å². The molecule has 3 aliphatic rings. The fraction of sp³-hybridized carbons (Fsp3) is 0.739. The van der Waals surface area contributed by atoms with Crippen LogP contribution in [0.2, 0.25) is 0 Å². The molecule has 0 aromatic rings. The van der Waals surface area contributed by atoms with Crippen LogP contribution in [0, 0.1) is 22.7 Å². The Morgan fingerprint density at radius 3 is 2.52 bits per heavy atom. The van der Waals surface area contributed by atoms with Gasteiger partial charge in [0.15, 0.2) is 0 Å². The number of hydrogen-bond acceptors (Lipinski definition) is 0. The molecule has 0 saturated heterocycles. The summed E-state index contributed by atoms with van der Waals surface area (Å²) in [7, 11) is 0. The second kappa shape index (κ2) is 6.26. The Labute approximate surface area is 144 Å². The van der Waals surface area contributed by atoms with Crippen molar-refractivity contribution in [2.75, 3.05) is 0 Å². The van der Waals surface area contributed by atoms with Crippen LogP contribution in [0.3, 0.4) is 0 Å². The van der Waals surface area contributed by atoms with Crippen LogP contribution in [0.25, 0.3) is 0 Å². The first-order valence-corrected chi connectivity index (χ1v) is 9.95. The van der Waals surface area contributed by atoms with Gasteiger partial charge in [-0.2, -0.15) is 0 Å². The summed E-state index contributed by atoms with van der Waals surface area (Å²) < 4.78 is 0. The minimum atomic E-state index is 0.468. The normalized spacial score (nSPS) is 43.0. The van der Waals surface area contributed by atoms with Gasteiger partial charge in [-0.3, -0.25) is 0 Å². The van der Waals surface area contributed by atoms with Crippen molar-refractivity contribution in [2.45, 2.75) is 85.0 Å². The first-order valence-electron chi connectivity index (χ1n) is 9.95. The summed E-state index contributed by atoms with van der Waals surface area (Å²) in [6.07, 6.45) is 15.7. The SMILES string of the molecule is C=C1CCC/C1=C\C[C@@H]1C(=C)CCC2[C@](C)(CC)CCC[C@]21C. The molecule has 3 rings (SSSR count). The summed E-state index contributed by atoms with van der Waals surface area (Å²) in [6, 6.07) is 0. The standard InChI is InChI=1S/C23H36/c1-6-22(4)15-8-16-23(5)20(18(3)11-14-21(22)23)13-12-19-10-7-9-17(19)2/h12,20-21H,2-3,6-11,13-16H2,1,4-5H3/b19-12+/t20-,21?,22-,23+/m1/s1. The maximum absolute atomic E-state index is 4.52. The molecule has 1 unspecified atom stereocenters. The quantitative estimate of drug-likeness (QED) is 0.482. The molecular formula is C23H36. The second-order valence-corrected chi connectivity index (χ2v) is 9.09. The molecule has 0 aromatic carbocycles. The van der Waals surface area contributed by atoms with Crippen LogP contribution in [0.4, 0.5) is 0 Å². The molecule has 0 bridgehead atoms.